The van der Waals surface area contributed by atoms with Crippen LogP contribution in [-0.2, 0) is 11.3 Å². The van der Waals surface area contributed by atoms with Gasteiger partial charge in [-0.25, -0.2) is 0 Å². The summed E-state index contributed by atoms with van der Waals surface area (Å²) in [6, 6.07) is 6.07. The third-order valence-electron chi connectivity index (χ3n) is 4.26. The number of hydrogen-bond acceptors (Lipinski definition) is 2. The molecule has 1 unspecified atom stereocenters. The second-order valence-corrected chi connectivity index (χ2v) is 6.29. The Morgan fingerprint density at radius 1 is 1.50 bits per heavy atom. The maximum Gasteiger partial charge on any atom is 0.310 e. The molecule has 1 aromatic carbocycles. The van der Waals surface area contributed by atoms with E-state index < -0.39 is 11.4 Å². The number of aryl methyl sites for hydroxylation is 1. The maximum atomic E-state index is 11.6. The molecule has 1 saturated heterocycles. The molecular weight excluding hydrogens is 274 g/mol. The predicted octanol–water partition coefficient (Wildman–Crippen LogP) is 3.73. The van der Waals surface area contributed by atoms with E-state index in [0.29, 0.717) is 6.54 Å². The van der Waals surface area contributed by atoms with Gasteiger partial charge in [0, 0.05) is 18.1 Å². The van der Waals surface area contributed by atoms with Gasteiger partial charge in [-0.2, -0.15) is 0 Å². The Labute approximate surface area is 125 Å². The van der Waals surface area contributed by atoms with Crippen LogP contribution in [0.4, 0.5) is 0 Å². The molecule has 1 N–H and O–H groups in total. The zero-order valence-electron chi connectivity index (χ0n) is 12.2. The van der Waals surface area contributed by atoms with E-state index in [4.69, 9.17) is 11.6 Å². The van der Waals surface area contributed by atoms with Crippen molar-refractivity contribution in [2.24, 2.45) is 5.41 Å². The minimum Gasteiger partial charge on any atom is -0.481 e. The van der Waals surface area contributed by atoms with Crippen molar-refractivity contribution in [1.82, 2.24) is 4.90 Å². The van der Waals surface area contributed by atoms with Crippen LogP contribution in [0.1, 0.15) is 37.3 Å². The van der Waals surface area contributed by atoms with E-state index in [1.165, 1.54) is 0 Å². The first kappa shape index (κ1) is 15.3. The average molecular weight is 296 g/mol. The largest absolute Gasteiger partial charge is 0.481 e. The van der Waals surface area contributed by atoms with E-state index in [0.717, 1.165) is 48.5 Å². The normalized spacial score (nSPS) is 23.1. The molecule has 110 valence electrons. The van der Waals surface area contributed by atoms with Gasteiger partial charge in [-0.05, 0) is 43.5 Å². The van der Waals surface area contributed by atoms with E-state index in [9.17, 15) is 9.90 Å². The Morgan fingerprint density at radius 2 is 2.25 bits per heavy atom. The summed E-state index contributed by atoms with van der Waals surface area (Å²) in [5.74, 6) is -0.649. The van der Waals surface area contributed by atoms with Crippen LogP contribution >= 0.6 is 11.6 Å². The predicted molar refractivity (Wildman–Crippen MR) is 81.1 cm³/mol. The number of halogens is 1. The highest BCUT2D eigenvalue weighted by atomic mass is 35.5. The molecule has 0 spiro atoms. The van der Waals surface area contributed by atoms with Crippen LogP contribution in [0.15, 0.2) is 18.2 Å². The van der Waals surface area contributed by atoms with Gasteiger partial charge in [-0.15, -0.1) is 0 Å². The molecule has 1 aromatic rings. The molecular formula is C16H22ClNO2. The van der Waals surface area contributed by atoms with Crippen molar-refractivity contribution >= 4 is 17.6 Å². The molecule has 1 atom stereocenters. The van der Waals surface area contributed by atoms with Crippen LogP contribution in [-0.4, -0.2) is 29.1 Å². The van der Waals surface area contributed by atoms with Crippen molar-refractivity contribution < 1.29 is 9.90 Å². The molecule has 0 bridgehead atoms. The third-order valence-corrected chi connectivity index (χ3v) is 4.66. The van der Waals surface area contributed by atoms with E-state index in [1.807, 2.05) is 26.0 Å². The van der Waals surface area contributed by atoms with Gasteiger partial charge in [0.15, 0.2) is 0 Å². The van der Waals surface area contributed by atoms with Crippen molar-refractivity contribution in [3.63, 3.8) is 0 Å². The summed E-state index contributed by atoms with van der Waals surface area (Å²) in [4.78, 5) is 13.8. The first-order valence-corrected chi connectivity index (χ1v) is 7.55. The van der Waals surface area contributed by atoms with E-state index in [2.05, 4.69) is 11.0 Å². The van der Waals surface area contributed by atoms with Crippen LogP contribution in [0.25, 0.3) is 0 Å². The van der Waals surface area contributed by atoms with Gasteiger partial charge < -0.3 is 5.11 Å². The lowest BCUT2D eigenvalue weighted by atomic mass is 9.83. The molecule has 3 nitrogen and oxygen atoms in total. The molecule has 4 heteroatoms. The maximum absolute atomic E-state index is 11.6. The number of carboxylic acid groups (broad SMARTS) is 1. The van der Waals surface area contributed by atoms with Crippen LogP contribution < -0.4 is 0 Å². The molecule has 1 aliphatic rings. The van der Waals surface area contributed by atoms with Crippen LogP contribution in [0.5, 0.6) is 0 Å². The smallest absolute Gasteiger partial charge is 0.310 e. The van der Waals surface area contributed by atoms with Crippen LogP contribution in [0, 0.1) is 12.3 Å². The Balaban J connectivity index is 2.05. The van der Waals surface area contributed by atoms with Crippen molar-refractivity contribution in [1.29, 1.82) is 0 Å². The van der Waals surface area contributed by atoms with Gasteiger partial charge in [0.05, 0.1) is 5.41 Å². The molecule has 0 aliphatic carbocycles. The van der Waals surface area contributed by atoms with E-state index >= 15 is 0 Å². The van der Waals surface area contributed by atoms with Gasteiger partial charge in [0.1, 0.15) is 0 Å². The highest BCUT2D eigenvalue weighted by molar-refractivity contribution is 6.31. The topological polar surface area (TPSA) is 40.5 Å². The van der Waals surface area contributed by atoms with E-state index in [-0.39, 0.29) is 0 Å². The summed E-state index contributed by atoms with van der Waals surface area (Å²) >= 11 is 6.14. The molecule has 2 rings (SSSR count). The SMILES string of the molecule is CCCC1(C(=O)O)CCN(Cc2ccc(C)c(Cl)c2)C1. The van der Waals surface area contributed by atoms with Crippen LogP contribution in [0.2, 0.25) is 5.02 Å². The number of nitrogens with zero attached hydrogens (tertiary/aromatic N) is 1. The Bertz CT molecular complexity index is 503. The second kappa shape index (κ2) is 6.15. The average Bonchev–Trinajstić information content (AvgIpc) is 2.79. The monoisotopic (exact) mass is 295 g/mol. The van der Waals surface area contributed by atoms with Crippen molar-refractivity contribution in [3.05, 3.63) is 34.3 Å². The molecule has 20 heavy (non-hydrogen) atoms. The minimum absolute atomic E-state index is 0.552. The van der Waals surface area contributed by atoms with E-state index in [1.54, 1.807) is 0 Å². The summed E-state index contributed by atoms with van der Waals surface area (Å²) in [6.07, 6.45) is 2.42. The number of carboxylic acids is 1. The second-order valence-electron chi connectivity index (χ2n) is 5.88. The van der Waals surface area contributed by atoms with Gasteiger partial charge in [-0.1, -0.05) is 37.1 Å². The summed E-state index contributed by atoms with van der Waals surface area (Å²) in [7, 11) is 0. The lowest BCUT2D eigenvalue weighted by Crippen LogP contribution is -2.34. The van der Waals surface area contributed by atoms with Gasteiger partial charge in [0.2, 0.25) is 0 Å². The number of aliphatic carboxylic acids is 1. The molecule has 1 aliphatic heterocycles. The Hall–Kier alpha value is -1.06. The van der Waals surface area contributed by atoms with Crippen LogP contribution in [0.3, 0.4) is 0 Å². The minimum atomic E-state index is -0.649. The molecule has 1 heterocycles. The lowest BCUT2D eigenvalue weighted by molar-refractivity contribution is -0.148. The van der Waals surface area contributed by atoms with Crippen molar-refractivity contribution in [3.8, 4) is 0 Å². The number of carbonyl (C=O) groups is 1. The first-order chi connectivity index (χ1) is 9.47. The summed E-state index contributed by atoms with van der Waals surface area (Å²) in [5, 5.41) is 10.3. The van der Waals surface area contributed by atoms with Gasteiger partial charge in [-0.3, -0.25) is 9.69 Å². The number of likely N-dealkylation sites (tertiary alicyclic amines) is 1. The molecule has 0 amide bonds. The first-order valence-electron chi connectivity index (χ1n) is 7.17. The zero-order valence-corrected chi connectivity index (χ0v) is 12.9. The molecule has 0 aromatic heterocycles. The van der Waals surface area contributed by atoms with Crippen molar-refractivity contribution in [2.75, 3.05) is 13.1 Å². The molecule has 0 radical (unpaired) electrons. The summed E-state index contributed by atoms with van der Waals surface area (Å²) in [6.45, 7) is 6.30. The fraction of sp³-hybridized carbons (Fsp3) is 0.562. The fourth-order valence-electron chi connectivity index (χ4n) is 3.05. The zero-order chi connectivity index (χ0) is 14.8. The quantitative estimate of drug-likeness (QED) is 0.900. The lowest BCUT2D eigenvalue weighted by Gasteiger charge is -2.24. The fourth-order valence-corrected chi connectivity index (χ4v) is 3.25. The third kappa shape index (κ3) is 3.15. The number of hydrogen-bond donors (Lipinski definition) is 1. The number of benzene rings is 1. The summed E-state index contributed by atoms with van der Waals surface area (Å²) in [5.41, 5.74) is 1.67. The Morgan fingerprint density at radius 3 is 2.85 bits per heavy atom. The summed E-state index contributed by atoms with van der Waals surface area (Å²) < 4.78 is 0. The van der Waals surface area contributed by atoms with Gasteiger partial charge in [0.25, 0.3) is 0 Å². The highest BCUT2D eigenvalue weighted by Gasteiger charge is 2.43. The molecule has 1 fully saturated rings. The molecule has 0 saturated carbocycles. The number of rotatable bonds is 5. The van der Waals surface area contributed by atoms with Crippen molar-refractivity contribution in [2.45, 2.75) is 39.7 Å². The Kier molecular flexibility index (Phi) is 4.71. The highest BCUT2D eigenvalue weighted by Crippen LogP contribution is 2.36. The van der Waals surface area contributed by atoms with Gasteiger partial charge >= 0.3 is 5.97 Å². The standard InChI is InChI=1S/C16H22ClNO2/c1-3-6-16(15(19)20)7-8-18(11-16)10-13-5-4-12(2)14(17)9-13/h4-5,9H,3,6-8,10-11H2,1-2H3,(H,19,20).